The van der Waals surface area contributed by atoms with E-state index in [1.165, 1.54) is 5.56 Å². The lowest BCUT2D eigenvalue weighted by molar-refractivity contribution is 0.533. The summed E-state index contributed by atoms with van der Waals surface area (Å²) in [5.74, 6) is 0.0270. The second-order valence-electron chi connectivity index (χ2n) is 4.96. The Morgan fingerprint density at radius 1 is 1.05 bits per heavy atom. The second kappa shape index (κ2) is 5.98. The first-order valence-electron chi connectivity index (χ1n) is 6.70. The molecule has 2 aromatic carbocycles. The zero-order valence-corrected chi connectivity index (χ0v) is 11.4. The Bertz CT molecular complexity index is 536. The Morgan fingerprint density at radius 2 is 1.74 bits per heavy atom. The third kappa shape index (κ3) is 3.02. The van der Waals surface area contributed by atoms with E-state index in [9.17, 15) is 4.39 Å². The topological polar surface area (TPSA) is 26.0 Å². The molecule has 2 heteroatoms. The van der Waals surface area contributed by atoms with Crippen molar-refractivity contribution in [2.24, 2.45) is 5.73 Å². The van der Waals surface area contributed by atoms with Crippen LogP contribution in [0.2, 0.25) is 0 Å². The van der Waals surface area contributed by atoms with Gasteiger partial charge in [-0.3, -0.25) is 0 Å². The number of aryl methyl sites for hydroxylation is 1. The minimum absolute atomic E-state index is 0.178. The Labute approximate surface area is 114 Å². The van der Waals surface area contributed by atoms with Gasteiger partial charge in [-0.15, -0.1) is 0 Å². The van der Waals surface area contributed by atoms with Gasteiger partial charge in [-0.1, -0.05) is 49.4 Å². The van der Waals surface area contributed by atoms with E-state index >= 15 is 0 Å². The minimum atomic E-state index is -0.184. The van der Waals surface area contributed by atoms with Crippen LogP contribution in [0.3, 0.4) is 0 Å². The summed E-state index contributed by atoms with van der Waals surface area (Å²) in [5.41, 5.74) is 9.06. The maximum absolute atomic E-state index is 13.7. The van der Waals surface area contributed by atoms with Crippen LogP contribution in [0.4, 0.5) is 4.39 Å². The molecule has 2 atom stereocenters. The molecule has 0 bridgehead atoms. The summed E-state index contributed by atoms with van der Waals surface area (Å²) in [6.45, 7) is 3.88. The van der Waals surface area contributed by atoms with E-state index in [1.807, 2.05) is 24.3 Å². The molecule has 0 saturated heterocycles. The van der Waals surface area contributed by atoms with Gasteiger partial charge in [-0.05, 0) is 36.1 Å². The van der Waals surface area contributed by atoms with Crippen LogP contribution in [0.1, 0.15) is 42.0 Å². The molecule has 2 rings (SSSR count). The average Bonchev–Trinajstić information content (AvgIpc) is 2.44. The highest BCUT2D eigenvalue weighted by Gasteiger charge is 2.20. The Balaban J connectivity index is 2.30. The largest absolute Gasteiger partial charge is 0.323 e. The third-order valence-electron chi connectivity index (χ3n) is 3.68. The van der Waals surface area contributed by atoms with E-state index in [0.717, 1.165) is 12.0 Å². The van der Waals surface area contributed by atoms with Gasteiger partial charge in [0.1, 0.15) is 5.82 Å². The molecule has 0 aliphatic carbocycles. The van der Waals surface area contributed by atoms with Gasteiger partial charge in [-0.25, -0.2) is 4.39 Å². The fraction of sp³-hybridized carbons (Fsp3) is 0.294. The molecule has 0 aliphatic rings. The van der Waals surface area contributed by atoms with Crippen LogP contribution in [-0.2, 0) is 0 Å². The molecule has 1 nitrogen and oxygen atoms in total. The molecule has 2 aromatic rings. The number of benzene rings is 2. The minimum Gasteiger partial charge on any atom is -0.323 e. The smallest absolute Gasteiger partial charge is 0.126 e. The van der Waals surface area contributed by atoms with Crippen molar-refractivity contribution >= 4 is 0 Å². The van der Waals surface area contributed by atoms with Crippen LogP contribution in [0, 0.1) is 12.7 Å². The van der Waals surface area contributed by atoms with Crippen molar-refractivity contribution < 1.29 is 4.39 Å². The van der Waals surface area contributed by atoms with E-state index in [-0.39, 0.29) is 17.8 Å². The zero-order chi connectivity index (χ0) is 13.8. The monoisotopic (exact) mass is 257 g/mol. The molecule has 100 valence electrons. The molecule has 0 saturated carbocycles. The number of rotatable bonds is 4. The lowest BCUT2D eigenvalue weighted by Crippen LogP contribution is -2.19. The maximum Gasteiger partial charge on any atom is 0.126 e. The highest BCUT2D eigenvalue weighted by Crippen LogP contribution is 2.32. The summed E-state index contributed by atoms with van der Waals surface area (Å²) in [6.07, 6.45) is 0.931. The Kier molecular flexibility index (Phi) is 4.33. The first-order chi connectivity index (χ1) is 9.13. The lowest BCUT2D eigenvalue weighted by atomic mass is 9.85. The molecule has 0 radical (unpaired) electrons. The van der Waals surface area contributed by atoms with Gasteiger partial charge < -0.3 is 5.73 Å². The second-order valence-corrected chi connectivity index (χ2v) is 4.96. The van der Waals surface area contributed by atoms with Gasteiger partial charge in [0, 0.05) is 12.0 Å². The van der Waals surface area contributed by atoms with Crippen LogP contribution in [0.25, 0.3) is 0 Å². The SMILES string of the molecule is CCC(c1ccccc1)C(N)c1ccc(C)c(F)c1. The van der Waals surface area contributed by atoms with Crippen molar-refractivity contribution in [3.05, 3.63) is 71.0 Å². The zero-order valence-electron chi connectivity index (χ0n) is 11.4. The Hall–Kier alpha value is -1.67. The van der Waals surface area contributed by atoms with Crippen LogP contribution >= 0.6 is 0 Å². The number of hydrogen-bond acceptors (Lipinski definition) is 1. The highest BCUT2D eigenvalue weighted by atomic mass is 19.1. The molecule has 2 unspecified atom stereocenters. The van der Waals surface area contributed by atoms with E-state index in [1.54, 1.807) is 19.1 Å². The molecule has 0 aromatic heterocycles. The maximum atomic E-state index is 13.7. The standard InChI is InChI=1S/C17H20FN/c1-3-15(13-7-5-4-6-8-13)17(19)14-10-9-12(2)16(18)11-14/h4-11,15,17H,3,19H2,1-2H3. The first-order valence-corrected chi connectivity index (χ1v) is 6.70. The molecule has 19 heavy (non-hydrogen) atoms. The molecule has 0 aliphatic heterocycles. The highest BCUT2D eigenvalue weighted by molar-refractivity contribution is 5.30. The first kappa shape index (κ1) is 13.8. The van der Waals surface area contributed by atoms with Gasteiger partial charge in [-0.2, -0.15) is 0 Å². The predicted molar refractivity (Wildman–Crippen MR) is 77.5 cm³/mol. The summed E-state index contributed by atoms with van der Waals surface area (Å²) in [7, 11) is 0. The van der Waals surface area contributed by atoms with Crippen LogP contribution in [0.5, 0.6) is 0 Å². The lowest BCUT2D eigenvalue weighted by Gasteiger charge is -2.23. The van der Waals surface area contributed by atoms with E-state index in [0.29, 0.717) is 5.56 Å². The van der Waals surface area contributed by atoms with E-state index in [4.69, 9.17) is 5.73 Å². The Morgan fingerprint density at radius 3 is 2.32 bits per heavy atom. The molecule has 0 fully saturated rings. The van der Waals surface area contributed by atoms with Crippen LogP contribution in [-0.4, -0.2) is 0 Å². The van der Waals surface area contributed by atoms with Crippen molar-refractivity contribution in [2.75, 3.05) is 0 Å². The van der Waals surface area contributed by atoms with Crippen molar-refractivity contribution in [3.8, 4) is 0 Å². The normalized spacial score (nSPS) is 14.1. The van der Waals surface area contributed by atoms with Crippen molar-refractivity contribution in [2.45, 2.75) is 32.2 Å². The van der Waals surface area contributed by atoms with Crippen molar-refractivity contribution in [1.29, 1.82) is 0 Å². The van der Waals surface area contributed by atoms with Gasteiger partial charge in [0.05, 0.1) is 0 Å². The van der Waals surface area contributed by atoms with E-state index < -0.39 is 0 Å². The van der Waals surface area contributed by atoms with Gasteiger partial charge in [0.2, 0.25) is 0 Å². The number of nitrogens with two attached hydrogens (primary N) is 1. The molecule has 2 N–H and O–H groups in total. The molecule has 0 heterocycles. The summed E-state index contributed by atoms with van der Waals surface area (Å²) in [4.78, 5) is 0. The quantitative estimate of drug-likeness (QED) is 0.867. The van der Waals surface area contributed by atoms with Crippen LogP contribution < -0.4 is 5.73 Å². The van der Waals surface area contributed by atoms with Crippen molar-refractivity contribution in [1.82, 2.24) is 0 Å². The fourth-order valence-electron chi connectivity index (χ4n) is 2.45. The van der Waals surface area contributed by atoms with E-state index in [2.05, 4.69) is 19.1 Å². The summed E-state index contributed by atoms with van der Waals surface area (Å²) < 4.78 is 13.7. The number of hydrogen-bond donors (Lipinski definition) is 1. The van der Waals surface area contributed by atoms with Gasteiger partial charge in [0.15, 0.2) is 0 Å². The van der Waals surface area contributed by atoms with Crippen LogP contribution in [0.15, 0.2) is 48.5 Å². The van der Waals surface area contributed by atoms with Gasteiger partial charge >= 0.3 is 0 Å². The summed E-state index contributed by atoms with van der Waals surface area (Å²) >= 11 is 0. The van der Waals surface area contributed by atoms with Gasteiger partial charge in [0.25, 0.3) is 0 Å². The summed E-state index contributed by atoms with van der Waals surface area (Å²) in [6, 6.07) is 15.3. The third-order valence-corrected chi connectivity index (χ3v) is 3.68. The molecular weight excluding hydrogens is 237 g/mol. The van der Waals surface area contributed by atoms with Crippen molar-refractivity contribution in [3.63, 3.8) is 0 Å². The molecule has 0 spiro atoms. The molecular formula is C17H20FN. The predicted octanol–water partition coefficient (Wildman–Crippen LogP) is 4.33. The summed E-state index contributed by atoms with van der Waals surface area (Å²) in [5, 5.41) is 0. The number of halogens is 1. The fourth-order valence-corrected chi connectivity index (χ4v) is 2.45. The average molecular weight is 257 g/mol. The molecule has 0 amide bonds.